The molecule has 0 aliphatic carbocycles. The average Bonchev–Trinajstić information content (AvgIpc) is 2.43. The van der Waals surface area contributed by atoms with Crippen molar-refractivity contribution in [1.29, 1.82) is 5.26 Å². The summed E-state index contributed by atoms with van der Waals surface area (Å²) in [7, 11) is 0. The first-order valence-electron chi connectivity index (χ1n) is 6.71. The lowest BCUT2D eigenvalue weighted by atomic mass is 10.0. The van der Waals surface area contributed by atoms with Gasteiger partial charge in [0.25, 0.3) is 5.69 Å². The number of hydrogen-bond acceptors (Lipinski definition) is 5. The molecule has 2 rings (SSSR count). The molecule has 0 saturated carbocycles. The standard InChI is InChI=1S/C14H18N4O2/c1-11-10-13(18(19)20)2-3-14(11)16-12-4-7-17(8-5-12)9-6-15/h2-3,10,12,16H,4-5,7-9H2,1H3. The summed E-state index contributed by atoms with van der Waals surface area (Å²) in [5, 5.41) is 22.8. The predicted octanol–water partition coefficient (Wildman–Crippen LogP) is 2.30. The van der Waals surface area contributed by atoms with E-state index in [9.17, 15) is 10.1 Å². The number of rotatable bonds is 4. The van der Waals surface area contributed by atoms with Crippen LogP contribution in [0.25, 0.3) is 0 Å². The Balaban J connectivity index is 1.95. The molecule has 1 heterocycles. The van der Waals surface area contributed by atoms with Crippen molar-refractivity contribution in [2.24, 2.45) is 0 Å². The van der Waals surface area contributed by atoms with Crippen LogP contribution in [0.2, 0.25) is 0 Å². The van der Waals surface area contributed by atoms with Crippen molar-refractivity contribution in [2.45, 2.75) is 25.8 Å². The second-order valence-electron chi connectivity index (χ2n) is 5.11. The average molecular weight is 274 g/mol. The third kappa shape index (κ3) is 3.45. The highest BCUT2D eigenvalue weighted by atomic mass is 16.6. The number of nitrogens with one attached hydrogen (secondary N) is 1. The number of aryl methyl sites for hydroxylation is 1. The van der Waals surface area contributed by atoms with E-state index in [0.29, 0.717) is 12.6 Å². The summed E-state index contributed by atoms with van der Waals surface area (Å²) in [5.41, 5.74) is 1.96. The van der Waals surface area contributed by atoms with Gasteiger partial charge in [0.05, 0.1) is 17.5 Å². The minimum Gasteiger partial charge on any atom is -0.382 e. The van der Waals surface area contributed by atoms with Crippen LogP contribution < -0.4 is 5.32 Å². The molecule has 1 aromatic rings. The quantitative estimate of drug-likeness (QED) is 0.517. The van der Waals surface area contributed by atoms with Crippen molar-refractivity contribution in [3.63, 3.8) is 0 Å². The molecule has 0 atom stereocenters. The van der Waals surface area contributed by atoms with Crippen LogP contribution in [0, 0.1) is 28.4 Å². The lowest BCUT2D eigenvalue weighted by Gasteiger charge is -2.31. The van der Waals surface area contributed by atoms with Crippen LogP contribution in [0.3, 0.4) is 0 Å². The Kier molecular flexibility index (Phi) is 4.53. The van der Waals surface area contributed by atoms with Gasteiger partial charge in [-0.25, -0.2) is 0 Å². The molecule has 0 unspecified atom stereocenters. The number of nitriles is 1. The Morgan fingerprint density at radius 2 is 2.20 bits per heavy atom. The predicted molar refractivity (Wildman–Crippen MR) is 76.5 cm³/mol. The highest BCUT2D eigenvalue weighted by Crippen LogP contribution is 2.23. The first-order chi connectivity index (χ1) is 9.60. The van der Waals surface area contributed by atoms with Gasteiger partial charge in [-0.1, -0.05) is 0 Å². The van der Waals surface area contributed by atoms with E-state index >= 15 is 0 Å². The molecule has 0 amide bonds. The molecule has 1 N–H and O–H groups in total. The maximum absolute atomic E-state index is 10.7. The normalized spacial score (nSPS) is 16.6. The van der Waals surface area contributed by atoms with Gasteiger partial charge in [-0.15, -0.1) is 0 Å². The largest absolute Gasteiger partial charge is 0.382 e. The molecular formula is C14H18N4O2. The molecule has 0 radical (unpaired) electrons. The summed E-state index contributed by atoms with van der Waals surface area (Å²) in [6.45, 7) is 4.19. The van der Waals surface area contributed by atoms with Crippen molar-refractivity contribution in [1.82, 2.24) is 4.90 Å². The van der Waals surface area contributed by atoms with Crippen molar-refractivity contribution in [3.8, 4) is 6.07 Å². The van der Waals surface area contributed by atoms with E-state index in [2.05, 4.69) is 16.3 Å². The first-order valence-corrected chi connectivity index (χ1v) is 6.71. The van der Waals surface area contributed by atoms with Gasteiger partial charge in [0.1, 0.15) is 0 Å². The molecule has 1 saturated heterocycles. The molecule has 6 nitrogen and oxygen atoms in total. The maximum atomic E-state index is 10.7. The molecule has 1 aromatic carbocycles. The summed E-state index contributed by atoms with van der Waals surface area (Å²) in [4.78, 5) is 12.5. The Bertz CT molecular complexity index is 530. The van der Waals surface area contributed by atoms with Crippen molar-refractivity contribution in [3.05, 3.63) is 33.9 Å². The van der Waals surface area contributed by atoms with E-state index in [1.54, 1.807) is 12.1 Å². The first kappa shape index (κ1) is 14.3. The van der Waals surface area contributed by atoms with Gasteiger partial charge in [-0.3, -0.25) is 15.0 Å². The van der Waals surface area contributed by atoms with Crippen molar-refractivity contribution in [2.75, 3.05) is 25.0 Å². The molecule has 0 bridgehead atoms. The van der Waals surface area contributed by atoms with E-state index in [1.807, 2.05) is 6.92 Å². The van der Waals surface area contributed by atoms with Gasteiger partial charge in [-0.05, 0) is 31.4 Å². The van der Waals surface area contributed by atoms with E-state index in [1.165, 1.54) is 6.07 Å². The third-order valence-electron chi connectivity index (χ3n) is 3.66. The molecule has 6 heteroatoms. The molecule has 1 aliphatic rings. The van der Waals surface area contributed by atoms with Crippen molar-refractivity contribution < 1.29 is 4.92 Å². The van der Waals surface area contributed by atoms with Gasteiger partial charge in [-0.2, -0.15) is 5.26 Å². The summed E-state index contributed by atoms with van der Waals surface area (Å²) in [6.07, 6.45) is 1.97. The van der Waals surface area contributed by atoms with E-state index in [0.717, 1.165) is 37.2 Å². The molecule has 0 spiro atoms. The number of nitro benzene ring substituents is 1. The molecule has 1 fully saturated rings. The maximum Gasteiger partial charge on any atom is 0.269 e. The lowest BCUT2D eigenvalue weighted by molar-refractivity contribution is -0.384. The van der Waals surface area contributed by atoms with Crippen LogP contribution in [-0.4, -0.2) is 35.5 Å². The zero-order chi connectivity index (χ0) is 14.5. The summed E-state index contributed by atoms with van der Waals surface area (Å²) in [5.74, 6) is 0. The number of nitrogens with zero attached hydrogens (tertiary/aromatic N) is 3. The highest BCUT2D eigenvalue weighted by molar-refractivity contribution is 5.55. The van der Waals surface area contributed by atoms with Crippen molar-refractivity contribution >= 4 is 11.4 Å². The number of piperidine rings is 1. The number of hydrogen-bond donors (Lipinski definition) is 1. The lowest BCUT2D eigenvalue weighted by Crippen LogP contribution is -2.39. The zero-order valence-corrected chi connectivity index (χ0v) is 11.5. The minimum atomic E-state index is -0.378. The van der Waals surface area contributed by atoms with Gasteiger partial charge < -0.3 is 5.32 Å². The fourth-order valence-electron chi connectivity index (χ4n) is 2.48. The monoisotopic (exact) mass is 274 g/mol. The number of likely N-dealkylation sites (tertiary alicyclic amines) is 1. The fourth-order valence-corrected chi connectivity index (χ4v) is 2.48. The molecule has 20 heavy (non-hydrogen) atoms. The fraction of sp³-hybridized carbons (Fsp3) is 0.500. The Morgan fingerprint density at radius 1 is 1.50 bits per heavy atom. The number of anilines is 1. The second kappa shape index (κ2) is 6.35. The Labute approximate surface area is 118 Å². The van der Waals surface area contributed by atoms with Crippen LogP contribution in [0.4, 0.5) is 11.4 Å². The summed E-state index contributed by atoms with van der Waals surface area (Å²) < 4.78 is 0. The van der Waals surface area contributed by atoms with Gasteiger partial charge in [0.2, 0.25) is 0 Å². The summed E-state index contributed by atoms with van der Waals surface area (Å²) >= 11 is 0. The third-order valence-corrected chi connectivity index (χ3v) is 3.66. The van der Waals surface area contributed by atoms with Crippen LogP contribution >= 0.6 is 0 Å². The minimum absolute atomic E-state index is 0.122. The van der Waals surface area contributed by atoms with E-state index < -0.39 is 0 Å². The molecular weight excluding hydrogens is 256 g/mol. The Morgan fingerprint density at radius 3 is 2.75 bits per heavy atom. The van der Waals surface area contributed by atoms with E-state index in [4.69, 9.17) is 5.26 Å². The molecule has 106 valence electrons. The van der Waals surface area contributed by atoms with Gasteiger partial charge in [0.15, 0.2) is 0 Å². The highest BCUT2D eigenvalue weighted by Gasteiger charge is 2.19. The van der Waals surface area contributed by atoms with Crippen LogP contribution in [0.5, 0.6) is 0 Å². The van der Waals surface area contributed by atoms with Crippen LogP contribution in [0.1, 0.15) is 18.4 Å². The SMILES string of the molecule is Cc1cc([N+](=O)[O-])ccc1NC1CCN(CC#N)CC1. The van der Waals surface area contributed by atoms with Crippen LogP contribution in [0.15, 0.2) is 18.2 Å². The van der Waals surface area contributed by atoms with Crippen LogP contribution in [-0.2, 0) is 0 Å². The summed E-state index contributed by atoms with van der Waals surface area (Å²) in [6, 6.07) is 7.43. The number of nitro groups is 1. The van der Waals surface area contributed by atoms with Gasteiger partial charge in [0, 0.05) is 37.0 Å². The van der Waals surface area contributed by atoms with Gasteiger partial charge >= 0.3 is 0 Å². The Hall–Kier alpha value is -2.13. The van der Waals surface area contributed by atoms with E-state index in [-0.39, 0.29) is 10.6 Å². The number of benzene rings is 1. The smallest absolute Gasteiger partial charge is 0.269 e. The zero-order valence-electron chi connectivity index (χ0n) is 11.5. The molecule has 0 aromatic heterocycles. The molecule has 1 aliphatic heterocycles. The number of non-ortho nitro benzene ring substituents is 1. The topological polar surface area (TPSA) is 82.2 Å². The second-order valence-corrected chi connectivity index (χ2v) is 5.11.